The van der Waals surface area contributed by atoms with E-state index in [1.165, 1.54) is 11.1 Å². The Morgan fingerprint density at radius 2 is 1.63 bits per heavy atom. The Bertz CT molecular complexity index is 1330. The van der Waals surface area contributed by atoms with Crippen molar-refractivity contribution in [1.29, 1.82) is 0 Å². The zero-order valence-electron chi connectivity index (χ0n) is 22.4. The van der Waals surface area contributed by atoms with Gasteiger partial charge in [0.25, 0.3) is 5.91 Å². The fraction of sp³-hybridized carbons (Fsp3) is 0.452. The number of benzene rings is 2. The first kappa shape index (κ1) is 25.0. The van der Waals surface area contributed by atoms with Crippen LogP contribution in [0.15, 0.2) is 48.5 Å². The van der Waals surface area contributed by atoms with Gasteiger partial charge < -0.3 is 19.1 Å². The topological polar surface area (TPSA) is 67.7 Å². The zero-order chi connectivity index (χ0) is 26.2. The van der Waals surface area contributed by atoms with E-state index in [4.69, 9.17) is 9.72 Å². The molecule has 1 aromatic heterocycles. The number of hydrogen-bond acceptors (Lipinski definition) is 5. The lowest BCUT2D eigenvalue weighted by Crippen LogP contribution is -2.38. The number of piperidine rings is 2. The summed E-state index contributed by atoms with van der Waals surface area (Å²) in [6.07, 6.45) is 3.92. The third-order valence-electron chi connectivity index (χ3n) is 8.44. The molecule has 0 bridgehead atoms. The molecule has 6 rings (SSSR count). The van der Waals surface area contributed by atoms with Crippen molar-refractivity contribution >= 4 is 11.7 Å². The minimum absolute atomic E-state index is 0.00964. The van der Waals surface area contributed by atoms with Gasteiger partial charge in [0.05, 0.1) is 11.8 Å². The summed E-state index contributed by atoms with van der Waals surface area (Å²) in [7, 11) is 2.17. The number of aromatic nitrogens is 2. The highest BCUT2D eigenvalue weighted by Crippen LogP contribution is 2.37. The molecule has 0 radical (unpaired) electrons. The number of nitrogens with zero attached hydrogens (tertiary/aromatic N) is 4. The highest BCUT2D eigenvalue weighted by molar-refractivity contribution is 5.95. The number of ether oxygens (including phenoxy) is 1. The molecule has 0 N–H and O–H groups in total. The number of fused-ring (bicyclic) bond motifs is 2. The molecule has 0 aliphatic carbocycles. The van der Waals surface area contributed by atoms with Crippen LogP contribution in [0.2, 0.25) is 0 Å². The van der Waals surface area contributed by atoms with Crippen LogP contribution >= 0.6 is 0 Å². The fourth-order valence-corrected chi connectivity index (χ4v) is 6.06. The quantitative estimate of drug-likeness (QED) is 0.518. The van der Waals surface area contributed by atoms with E-state index in [-0.39, 0.29) is 23.9 Å². The van der Waals surface area contributed by atoms with Crippen LogP contribution in [-0.2, 0) is 22.5 Å². The van der Waals surface area contributed by atoms with Crippen LogP contribution in [0.4, 0.5) is 0 Å². The summed E-state index contributed by atoms with van der Waals surface area (Å²) in [6, 6.07) is 16.4. The number of carbonyl (C=O) groups is 2. The van der Waals surface area contributed by atoms with Gasteiger partial charge in [-0.05, 0) is 56.5 Å². The van der Waals surface area contributed by atoms with E-state index in [1.54, 1.807) is 4.90 Å². The molecule has 3 aromatic rings. The van der Waals surface area contributed by atoms with Crippen LogP contribution in [0.1, 0.15) is 64.8 Å². The van der Waals surface area contributed by atoms with Gasteiger partial charge in [0.1, 0.15) is 17.7 Å². The van der Waals surface area contributed by atoms with Crippen molar-refractivity contribution in [2.24, 2.45) is 0 Å². The minimum atomic E-state index is -0.197. The Morgan fingerprint density at radius 1 is 0.921 bits per heavy atom. The second-order valence-electron chi connectivity index (χ2n) is 10.9. The van der Waals surface area contributed by atoms with E-state index >= 15 is 0 Å². The Morgan fingerprint density at radius 3 is 2.37 bits per heavy atom. The Hall–Kier alpha value is -3.29. The van der Waals surface area contributed by atoms with E-state index in [9.17, 15) is 9.59 Å². The van der Waals surface area contributed by atoms with E-state index in [0.29, 0.717) is 31.5 Å². The number of amides is 1. The number of carbonyl (C=O) groups excluding carboxylic acids is 2. The molecule has 1 amide bonds. The Balaban J connectivity index is 1.30. The van der Waals surface area contributed by atoms with Crippen molar-refractivity contribution in [3.05, 3.63) is 76.7 Å². The molecule has 198 valence electrons. The second kappa shape index (κ2) is 10.5. The predicted octanol–water partition coefficient (Wildman–Crippen LogP) is 4.42. The van der Waals surface area contributed by atoms with Gasteiger partial charge in [-0.25, -0.2) is 4.98 Å². The molecule has 2 aromatic carbocycles. The molecule has 2 saturated heterocycles. The molecule has 0 saturated carbocycles. The van der Waals surface area contributed by atoms with Crippen molar-refractivity contribution in [2.75, 3.05) is 33.2 Å². The number of rotatable bonds is 4. The van der Waals surface area contributed by atoms with E-state index in [2.05, 4.69) is 47.7 Å². The maximum atomic E-state index is 13.0. The van der Waals surface area contributed by atoms with Crippen LogP contribution in [0, 0.1) is 6.92 Å². The van der Waals surface area contributed by atoms with E-state index in [1.807, 2.05) is 24.3 Å². The average molecular weight is 513 g/mol. The molecule has 0 spiro atoms. The van der Waals surface area contributed by atoms with Crippen molar-refractivity contribution in [3.63, 3.8) is 0 Å². The first-order valence-electron chi connectivity index (χ1n) is 13.9. The summed E-state index contributed by atoms with van der Waals surface area (Å²) >= 11 is 0. The van der Waals surface area contributed by atoms with Crippen LogP contribution in [-0.4, -0.2) is 70.4 Å². The predicted molar refractivity (Wildman–Crippen MR) is 146 cm³/mol. The first-order valence-corrected chi connectivity index (χ1v) is 13.9. The normalized spacial score (nSPS) is 20.6. The molecular weight excluding hydrogens is 476 g/mol. The number of aryl methyl sites for hydroxylation is 1. The van der Waals surface area contributed by atoms with Crippen molar-refractivity contribution in [3.8, 4) is 11.3 Å². The van der Waals surface area contributed by atoms with Gasteiger partial charge in [-0.3, -0.25) is 9.59 Å². The van der Waals surface area contributed by atoms with Gasteiger partial charge in [0.2, 0.25) is 0 Å². The monoisotopic (exact) mass is 512 g/mol. The molecule has 4 heterocycles. The third-order valence-corrected chi connectivity index (χ3v) is 8.44. The van der Waals surface area contributed by atoms with Crippen LogP contribution in [0.3, 0.4) is 0 Å². The van der Waals surface area contributed by atoms with Gasteiger partial charge in [0, 0.05) is 62.4 Å². The summed E-state index contributed by atoms with van der Waals surface area (Å²) in [5.41, 5.74) is 6.28. The highest BCUT2D eigenvalue weighted by atomic mass is 16.5. The summed E-state index contributed by atoms with van der Waals surface area (Å²) < 4.78 is 9.19. The molecular formula is C31H36N4O3. The highest BCUT2D eigenvalue weighted by Gasteiger charge is 2.32. The molecule has 3 aliphatic rings. The minimum Gasteiger partial charge on any atom is -0.362 e. The van der Waals surface area contributed by atoms with Crippen LogP contribution in [0.25, 0.3) is 11.3 Å². The van der Waals surface area contributed by atoms with Gasteiger partial charge in [0.15, 0.2) is 0 Å². The van der Waals surface area contributed by atoms with Gasteiger partial charge in [-0.2, -0.15) is 0 Å². The van der Waals surface area contributed by atoms with Crippen molar-refractivity contribution in [1.82, 2.24) is 19.4 Å². The lowest BCUT2D eigenvalue weighted by atomic mass is 9.99. The smallest absolute Gasteiger partial charge is 0.253 e. The number of imidazole rings is 1. The summed E-state index contributed by atoms with van der Waals surface area (Å²) in [5.74, 6) is 1.20. The van der Waals surface area contributed by atoms with Crippen LogP contribution < -0.4 is 0 Å². The number of hydrogen-bond donors (Lipinski definition) is 0. The Labute approximate surface area is 224 Å². The van der Waals surface area contributed by atoms with Crippen molar-refractivity contribution in [2.45, 2.75) is 57.8 Å². The molecule has 1 unspecified atom stereocenters. The second-order valence-corrected chi connectivity index (χ2v) is 10.9. The summed E-state index contributed by atoms with van der Waals surface area (Å²) in [4.78, 5) is 33.9. The SMILES string of the molecule is Cc1c(-c2ccc(C(=O)N3CCC(=O)CC3)cc2)nc2n1CCc1ccccc1C2OC1CCN(C)CC1. The molecule has 1 atom stereocenters. The maximum absolute atomic E-state index is 13.0. The Kier molecular flexibility index (Phi) is 6.89. The zero-order valence-corrected chi connectivity index (χ0v) is 22.4. The lowest BCUT2D eigenvalue weighted by molar-refractivity contribution is -0.120. The number of Topliss-reactive ketones (excluding diaryl/α,β-unsaturated/α-hetero) is 1. The standard InChI is InChI=1S/C31H36N4O3/c1-21-28(23-7-9-24(10-8-23)31(37)34-18-12-25(36)13-19-34)32-30-29(38-26-14-16-33(2)17-15-26)27-6-4-3-5-22(27)11-20-35(21)30/h3-10,26,29H,11-20H2,1-2H3. The first-order chi connectivity index (χ1) is 18.5. The molecule has 7 heteroatoms. The van der Waals surface area contributed by atoms with E-state index in [0.717, 1.165) is 61.7 Å². The molecule has 38 heavy (non-hydrogen) atoms. The summed E-state index contributed by atoms with van der Waals surface area (Å²) in [5, 5.41) is 0. The maximum Gasteiger partial charge on any atom is 0.253 e. The van der Waals surface area contributed by atoms with Gasteiger partial charge >= 0.3 is 0 Å². The number of ketones is 1. The summed E-state index contributed by atoms with van der Waals surface area (Å²) in [6.45, 7) is 6.12. The van der Waals surface area contributed by atoms with E-state index < -0.39 is 0 Å². The van der Waals surface area contributed by atoms with Crippen LogP contribution in [0.5, 0.6) is 0 Å². The third kappa shape index (κ3) is 4.81. The van der Waals surface area contributed by atoms with Gasteiger partial charge in [-0.15, -0.1) is 0 Å². The molecule has 3 aliphatic heterocycles. The van der Waals surface area contributed by atoms with Crippen molar-refractivity contribution < 1.29 is 14.3 Å². The largest absolute Gasteiger partial charge is 0.362 e. The number of likely N-dealkylation sites (tertiary alicyclic amines) is 2. The fourth-order valence-electron chi connectivity index (χ4n) is 6.06. The average Bonchev–Trinajstić information content (AvgIpc) is 3.18. The lowest BCUT2D eigenvalue weighted by Gasteiger charge is -2.32. The van der Waals surface area contributed by atoms with Gasteiger partial charge in [-0.1, -0.05) is 36.4 Å². The molecule has 7 nitrogen and oxygen atoms in total. The molecule has 2 fully saturated rings.